The Morgan fingerprint density at radius 2 is 1.85 bits per heavy atom. The topological polar surface area (TPSA) is 44.5 Å². The van der Waals surface area contributed by atoms with Gasteiger partial charge in [0.2, 0.25) is 0 Å². The summed E-state index contributed by atoms with van der Waals surface area (Å²) in [6, 6.07) is 12.9. The number of methoxy groups -OCH3 is 1. The summed E-state index contributed by atoms with van der Waals surface area (Å²) in [6.07, 6.45) is 1.79. The molecule has 20 heavy (non-hydrogen) atoms. The van der Waals surface area contributed by atoms with Crippen LogP contribution in [0.5, 0.6) is 11.5 Å². The smallest absolute Gasteiger partial charge is 0.167 e. The first-order chi connectivity index (χ1) is 9.70. The Morgan fingerprint density at radius 3 is 2.55 bits per heavy atom. The molecule has 0 aliphatic rings. The first kappa shape index (κ1) is 14.2. The maximum atomic E-state index is 13.4. The maximum Gasteiger partial charge on any atom is 0.167 e. The van der Waals surface area contributed by atoms with Crippen LogP contribution in [0.15, 0.2) is 42.5 Å². The Bertz CT molecular complexity index is 558. The van der Waals surface area contributed by atoms with Gasteiger partial charge in [0.05, 0.1) is 19.4 Å². The molecular weight excluding hydrogens is 257 g/mol. The number of aryl methyl sites for hydroxylation is 1. The van der Waals surface area contributed by atoms with Crippen molar-refractivity contribution in [2.75, 3.05) is 19.5 Å². The Kier molecular flexibility index (Phi) is 4.82. The van der Waals surface area contributed by atoms with Crippen molar-refractivity contribution < 1.29 is 13.9 Å². The molecule has 0 spiro atoms. The summed E-state index contributed by atoms with van der Waals surface area (Å²) in [6.45, 7) is 0.522. The monoisotopic (exact) mass is 275 g/mol. The van der Waals surface area contributed by atoms with Crippen molar-refractivity contribution in [3.05, 3.63) is 53.8 Å². The van der Waals surface area contributed by atoms with E-state index < -0.39 is 5.82 Å². The van der Waals surface area contributed by atoms with E-state index in [4.69, 9.17) is 15.2 Å². The van der Waals surface area contributed by atoms with Crippen LogP contribution in [-0.2, 0) is 6.42 Å². The standard InChI is InChI=1S/C16H18FNO2/c1-19-15-11-16(14(18)10-13(15)17)20-9-5-8-12-6-3-2-4-7-12/h2-4,6-7,10-11H,5,8-9,18H2,1H3. The molecule has 0 atom stereocenters. The van der Waals surface area contributed by atoms with Crippen molar-refractivity contribution in [1.82, 2.24) is 0 Å². The largest absolute Gasteiger partial charge is 0.494 e. The lowest BCUT2D eigenvalue weighted by Crippen LogP contribution is -2.03. The van der Waals surface area contributed by atoms with Crippen molar-refractivity contribution in [3.8, 4) is 11.5 Å². The van der Waals surface area contributed by atoms with Crippen LogP contribution in [0.25, 0.3) is 0 Å². The van der Waals surface area contributed by atoms with Gasteiger partial charge in [-0.05, 0) is 18.4 Å². The average Bonchev–Trinajstić information content (AvgIpc) is 2.46. The highest BCUT2D eigenvalue weighted by atomic mass is 19.1. The van der Waals surface area contributed by atoms with Crippen LogP contribution in [0.4, 0.5) is 10.1 Å². The zero-order valence-electron chi connectivity index (χ0n) is 11.4. The minimum atomic E-state index is -0.485. The second-order valence-corrected chi connectivity index (χ2v) is 4.46. The number of benzene rings is 2. The van der Waals surface area contributed by atoms with Gasteiger partial charge in [-0.1, -0.05) is 30.3 Å². The third-order valence-corrected chi connectivity index (χ3v) is 2.99. The molecule has 2 N–H and O–H groups in total. The summed E-state index contributed by atoms with van der Waals surface area (Å²) in [7, 11) is 1.41. The fourth-order valence-electron chi connectivity index (χ4n) is 1.93. The number of nitrogen functional groups attached to an aromatic ring is 1. The summed E-state index contributed by atoms with van der Waals surface area (Å²) in [5.41, 5.74) is 7.26. The van der Waals surface area contributed by atoms with Crippen LogP contribution in [-0.4, -0.2) is 13.7 Å². The van der Waals surface area contributed by atoms with Gasteiger partial charge in [-0.25, -0.2) is 4.39 Å². The summed E-state index contributed by atoms with van der Waals surface area (Å²) < 4.78 is 23.9. The summed E-state index contributed by atoms with van der Waals surface area (Å²) in [5, 5.41) is 0. The Balaban J connectivity index is 1.88. The number of ether oxygens (including phenoxy) is 2. The average molecular weight is 275 g/mol. The highest BCUT2D eigenvalue weighted by Crippen LogP contribution is 2.30. The Labute approximate surface area is 118 Å². The van der Waals surface area contributed by atoms with Gasteiger partial charge in [-0.3, -0.25) is 0 Å². The second kappa shape index (κ2) is 6.80. The third kappa shape index (κ3) is 3.63. The van der Waals surface area contributed by atoms with Gasteiger partial charge in [0.15, 0.2) is 11.6 Å². The molecule has 0 saturated heterocycles. The van der Waals surface area contributed by atoms with E-state index in [0.29, 0.717) is 12.4 Å². The van der Waals surface area contributed by atoms with Crippen LogP contribution < -0.4 is 15.2 Å². The normalized spacial score (nSPS) is 10.3. The number of nitrogens with two attached hydrogens (primary N) is 1. The molecule has 2 rings (SSSR count). The molecule has 0 bridgehead atoms. The molecule has 0 aromatic heterocycles. The van der Waals surface area contributed by atoms with Crippen LogP contribution in [0.3, 0.4) is 0 Å². The van der Waals surface area contributed by atoms with E-state index in [9.17, 15) is 4.39 Å². The third-order valence-electron chi connectivity index (χ3n) is 2.99. The Morgan fingerprint density at radius 1 is 1.10 bits per heavy atom. The molecule has 106 valence electrons. The fraction of sp³-hybridized carbons (Fsp3) is 0.250. The van der Waals surface area contributed by atoms with Crippen molar-refractivity contribution in [3.63, 3.8) is 0 Å². The molecular formula is C16H18FNO2. The molecule has 0 amide bonds. The fourth-order valence-corrected chi connectivity index (χ4v) is 1.93. The molecule has 0 aliphatic carbocycles. The lowest BCUT2D eigenvalue weighted by Gasteiger charge is -2.11. The van der Waals surface area contributed by atoms with E-state index in [0.717, 1.165) is 12.8 Å². The first-order valence-corrected chi connectivity index (χ1v) is 6.50. The summed E-state index contributed by atoms with van der Waals surface area (Å²) >= 11 is 0. The van der Waals surface area contributed by atoms with Crippen LogP contribution in [0.2, 0.25) is 0 Å². The van der Waals surface area contributed by atoms with E-state index in [-0.39, 0.29) is 11.4 Å². The van der Waals surface area contributed by atoms with Gasteiger partial charge in [0, 0.05) is 12.1 Å². The van der Waals surface area contributed by atoms with Crippen molar-refractivity contribution in [2.45, 2.75) is 12.8 Å². The molecule has 0 radical (unpaired) electrons. The second-order valence-electron chi connectivity index (χ2n) is 4.46. The molecule has 2 aromatic rings. The lowest BCUT2D eigenvalue weighted by molar-refractivity contribution is 0.308. The highest BCUT2D eigenvalue weighted by molar-refractivity contribution is 5.56. The number of halogens is 1. The quantitative estimate of drug-likeness (QED) is 0.649. The number of hydrogen-bond donors (Lipinski definition) is 1. The number of anilines is 1. The van der Waals surface area contributed by atoms with Gasteiger partial charge < -0.3 is 15.2 Å². The molecule has 0 aliphatic heterocycles. The SMILES string of the molecule is COc1cc(OCCCc2ccccc2)c(N)cc1F. The maximum absolute atomic E-state index is 13.4. The minimum absolute atomic E-state index is 0.136. The number of hydrogen-bond acceptors (Lipinski definition) is 3. The molecule has 3 nitrogen and oxygen atoms in total. The van der Waals surface area contributed by atoms with Crippen molar-refractivity contribution in [2.24, 2.45) is 0 Å². The van der Waals surface area contributed by atoms with E-state index >= 15 is 0 Å². The van der Waals surface area contributed by atoms with Gasteiger partial charge in [-0.2, -0.15) is 0 Å². The van der Waals surface area contributed by atoms with E-state index in [1.807, 2.05) is 18.2 Å². The van der Waals surface area contributed by atoms with E-state index in [2.05, 4.69) is 12.1 Å². The van der Waals surface area contributed by atoms with Gasteiger partial charge in [0.25, 0.3) is 0 Å². The lowest BCUT2D eigenvalue weighted by atomic mass is 10.1. The predicted octanol–water partition coefficient (Wildman–Crippen LogP) is 3.43. The van der Waals surface area contributed by atoms with Gasteiger partial charge in [-0.15, -0.1) is 0 Å². The number of rotatable bonds is 6. The van der Waals surface area contributed by atoms with E-state index in [1.54, 1.807) is 0 Å². The van der Waals surface area contributed by atoms with Crippen LogP contribution in [0, 0.1) is 5.82 Å². The van der Waals surface area contributed by atoms with Gasteiger partial charge >= 0.3 is 0 Å². The molecule has 2 aromatic carbocycles. The zero-order valence-corrected chi connectivity index (χ0v) is 11.4. The van der Waals surface area contributed by atoms with Crippen molar-refractivity contribution >= 4 is 5.69 Å². The summed E-state index contributed by atoms with van der Waals surface area (Å²) in [5.74, 6) is 0.107. The first-order valence-electron chi connectivity index (χ1n) is 6.50. The predicted molar refractivity (Wildman–Crippen MR) is 77.6 cm³/mol. The molecule has 0 unspecified atom stereocenters. The van der Waals surface area contributed by atoms with Crippen molar-refractivity contribution in [1.29, 1.82) is 0 Å². The molecule has 4 heteroatoms. The summed E-state index contributed by atoms with van der Waals surface area (Å²) in [4.78, 5) is 0. The van der Waals surface area contributed by atoms with Gasteiger partial charge in [0.1, 0.15) is 5.75 Å². The van der Waals surface area contributed by atoms with Crippen LogP contribution >= 0.6 is 0 Å². The highest BCUT2D eigenvalue weighted by Gasteiger charge is 2.09. The minimum Gasteiger partial charge on any atom is -0.494 e. The molecule has 0 fully saturated rings. The van der Waals surface area contributed by atoms with Crippen LogP contribution in [0.1, 0.15) is 12.0 Å². The molecule has 0 saturated carbocycles. The zero-order chi connectivity index (χ0) is 14.4. The molecule has 0 heterocycles. The van der Waals surface area contributed by atoms with E-state index in [1.165, 1.54) is 24.8 Å². The Hall–Kier alpha value is -2.23.